The summed E-state index contributed by atoms with van der Waals surface area (Å²) in [6, 6.07) is 6.14. The smallest absolute Gasteiger partial charge is 0.133 e. The number of rotatable bonds is 3. The fraction of sp³-hybridized carbons (Fsp3) is 0.455. The van der Waals surface area contributed by atoms with Crippen LogP contribution in [0.4, 0.5) is 0 Å². The summed E-state index contributed by atoms with van der Waals surface area (Å²) in [5, 5.41) is 0. The van der Waals surface area contributed by atoms with Crippen molar-refractivity contribution in [2.75, 3.05) is 6.61 Å². The van der Waals surface area contributed by atoms with Crippen LogP contribution in [0.3, 0.4) is 0 Å². The van der Waals surface area contributed by atoms with Crippen LogP contribution in [0, 0.1) is 0 Å². The highest BCUT2D eigenvalue weighted by Gasteiger charge is 2.08. The fourth-order valence-corrected chi connectivity index (χ4v) is 2.08. The summed E-state index contributed by atoms with van der Waals surface area (Å²) in [6.07, 6.45) is 0. The zero-order valence-electron chi connectivity index (χ0n) is 8.30. The predicted octanol–water partition coefficient (Wildman–Crippen LogP) is 3.97. The SMILES string of the molecule is CCOc1cccc(C(C)C)c1Br. The van der Waals surface area contributed by atoms with Crippen molar-refractivity contribution in [2.24, 2.45) is 0 Å². The van der Waals surface area contributed by atoms with E-state index in [4.69, 9.17) is 4.74 Å². The first-order valence-electron chi connectivity index (χ1n) is 4.58. The molecule has 0 fully saturated rings. The standard InChI is InChI=1S/C11H15BrO/c1-4-13-10-7-5-6-9(8(2)3)11(10)12/h5-8H,4H2,1-3H3. The van der Waals surface area contributed by atoms with Crippen molar-refractivity contribution in [3.05, 3.63) is 28.2 Å². The Labute approximate surface area is 88.2 Å². The maximum atomic E-state index is 5.48. The molecule has 0 N–H and O–H groups in total. The molecule has 0 aliphatic rings. The van der Waals surface area contributed by atoms with Crippen molar-refractivity contribution in [3.63, 3.8) is 0 Å². The molecule has 1 aromatic rings. The van der Waals surface area contributed by atoms with Crippen LogP contribution in [0.15, 0.2) is 22.7 Å². The number of hydrogen-bond acceptors (Lipinski definition) is 1. The third kappa shape index (κ3) is 2.47. The molecule has 0 radical (unpaired) electrons. The summed E-state index contributed by atoms with van der Waals surface area (Å²) in [7, 11) is 0. The highest BCUT2D eigenvalue weighted by atomic mass is 79.9. The predicted molar refractivity (Wildman–Crippen MR) is 59.4 cm³/mol. The lowest BCUT2D eigenvalue weighted by molar-refractivity contribution is 0.337. The first kappa shape index (κ1) is 10.6. The van der Waals surface area contributed by atoms with E-state index >= 15 is 0 Å². The van der Waals surface area contributed by atoms with E-state index in [1.807, 2.05) is 19.1 Å². The van der Waals surface area contributed by atoms with E-state index in [0.29, 0.717) is 12.5 Å². The van der Waals surface area contributed by atoms with Crippen molar-refractivity contribution >= 4 is 15.9 Å². The van der Waals surface area contributed by atoms with Gasteiger partial charge in [0, 0.05) is 0 Å². The van der Waals surface area contributed by atoms with Gasteiger partial charge < -0.3 is 4.74 Å². The molecule has 0 saturated carbocycles. The molecule has 72 valence electrons. The Morgan fingerprint density at radius 2 is 2.08 bits per heavy atom. The molecule has 0 spiro atoms. The quantitative estimate of drug-likeness (QED) is 0.780. The Morgan fingerprint density at radius 3 is 2.62 bits per heavy atom. The minimum Gasteiger partial charge on any atom is -0.493 e. The fourth-order valence-electron chi connectivity index (χ4n) is 1.24. The lowest BCUT2D eigenvalue weighted by atomic mass is 10.0. The summed E-state index contributed by atoms with van der Waals surface area (Å²) in [5.74, 6) is 1.46. The van der Waals surface area contributed by atoms with Gasteiger partial charge in [-0.1, -0.05) is 26.0 Å². The molecule has 0 aliphatic carbocycles. The van der Waals surface area contributed by atoms with E-state index in [1.54, 1.807) is 0 Å². The normalized spacial score (nSPS) is 10.5. The van der Waals surface area contributed by atoms with E-state index in [-0.39, 0.29) is 0 Å². The van der Waals surface area contributed by atoms with Gasteiger partial charge in [-0.25, -0.2) is 0 Å². The van der Waals surface area contributed by atoms with Gasteiger partial charge in [0.2, 0.25) is 0 Å². The van der Waals surface area contributed by atoms with Gasteiger partial charge in [-0.2, -0.15) is 0 Å². The van der Waals surface area contributed by atoms with Gasteiger partial charge in [-0.05, 0) is 40.4 Å². The Balaban J connectivity index is 3.03. The van der Waals surface area contributed by atoms with Crippen LogP contribution in [-0.4, -0.2) is 6.61 Å². The molecule has 0 aliphatic heterocycles. The minimum absolute atomic E-state index is 0.523. The maximum absolute atomic E-state index is 5.48. The van der Waals surface area contributed by atoms with Crippen LogP contribution in [0.2, 0.25) is 0 Å². The Kier molecular flexibility index (Phi) is 3.79. The van der Waals surface area contributed by atoms with Crippen LogP contribution in [0.25, 0.3) is 0 Å². The van der Waals surface area contributed by atoms with E-state index in [0.717, 1.165) is 10.2 Å². The zero-order chi connectivity index (χ0) is 9.84. The first-order valence-corrected chi connectivity index (χ1v) is 5.37. The monoisotopic (exact) mass is 242 g/mol. The highest BCUT2D eigenvalue weighted by Crippen LogP contribution is 2.32. The molecule has 2 heteroatoms. The molecule has 1 nitrogen and oxygen atoms in total. The Morgan fingerprint density at radius 1 is 1.38 bits per heavy atom. The van der Waals surface area contributed by atoms with Gasteiger partial charge in [0.1, 0.15) is 5.75 Å². The molecule has 0 unspecified atom stereocenters. The maximum Gasteiger partial charge on any atom is 0.133 e. The molecule has 0 saturated heterocycles. The lowest BCUT2D eigenvalue weighted by Crippen LogP contribution is -1.96. The zero-order valence-corrected chi connectivity index (χ0v) is 9.89. The van der Waals surface area contributed by atoms with Gasteiger partial charge in [-0.15, -0.1) is 0 Å². The van der Waals surface area contributed by atoms with Gasteiger partial charge in [0.05, 0.1) is 11.1 Å². The first-order chi connectivity index (χ1) is 6.16. The molecule has 1 rings (SSSR count). The number of halogens is 1. The van der Waals surface area contributed by atoms with Crippen LogP contribution in [0.5, 0.6) is 5.75 Å². The van der Waals surface area contributed by atoms with Crippen LogP contribution >= 0.6 is 15.9 Å². The summed E-state index contributed by atoms with van der Waals surface area (Å²) in [5.41, 5.74) is 1.30. The van der Waals surface area contributed by atoms with E-state index in [2.05, 4.69) is 35.8 Å². The second kappa shape index (κ2) is 4.66. The second-order valence-corrected chi connectivity index (χ2v) is 4.04. The molecule has 0 aromatic heterocycles. The minimum atomic E-state index is 0.523. The molecular weight excluding hydrogens is 228 g/mol. The molecule has 0 atom stereocenters. The van der Waals surface area contributed by atoms with Crippen molar-refractivity contribution in [2.45, 2.75) is 26.7 Å². The Hall–Kier alpha value is -0.500. The molecule has 0 bridgehead atoms. The third-order valence-corrected chi connectivity index (χ3v) is 2.76. The van der Waals surface area contributed by atoms with Crippen molar-refractivity contribution in [1.29, 1.82) is 0 Å². The average molecular weight is 243 g/mol. The van der Waals surface area contributed by atoms with E-state index in [1.165, 1.54) is 5.56 Å². The number of benzene rings is 1. The topological polar surface area (TPSA) is 9.23 Å². The Bertz CT molecular complexity index is 281. The third-order valence-electron chi connectivity index (χ3n) is 1.92. The van der Waals surface area contributed by atoms with Crippen molar-refractivity contribution < 1.29 is 4.74 Å². The molecular formula is C11H15BrO. The summed E-state index contributed by atoms with van der Waals surface area (Å²) < 4.78 is 6.57. The van der Waals surface area contributed by atoms with Crippen molar-refractivity contribution in [3.8, 4) is 5.75 Å². The number of ether oxygens (including phenoxy) is 1. The molecule has 1 aromatic carbocycles. The highest BCUT2D eigenvalue weighted by molar-refractivity contribution is 9.10. The van der Waals surface area contributed by atoms with Crippen LogP contribution < -0.4 is 4.74 Å². The van der Waals surface area contributed by atoms with Crippen LogP contribution in [0.1, 0.15) is 32.3 Å². The van der Waals surface area contributed by atoms with E-state index < -0.39 is 0 Å². The molecule has 0 heterocycles. The summed E-state index contributed by atoms with van der Waals surface area (Å²) in [6.45, 7) is 7.06. The largest absolute Gasteiger partial charge is 0.493 e. The van der Waals surface area contributed by atoms with Gasteiger partial charge in [-0.3, -0.25) is 0 Å². The average Bonchev–Trinajstić information content (AvgIpc) is 2.08. The summed E-state index contributed by atoms with van der Waals surface area (Å²) >= 11 is 3.56. The lowest BCUT2D eigenvalue weighted by Gasteiger charge is -2.12. The van der Waals surface area contributed by atoms with E-state index in [9.17, 15) is 0 Å². The van der Waals surface area contributed by atoms with Crippen molar-refractivity contribution in [1.82, 2.24) is 0 Å². The number of hydrogen-bond donors (Lipinski definition) is 0. The molecule has 0 amide bonds. The summed E-state index contributed by atoms with van der Waals surface area (Å²) in [4.78, 5) is 0. The van der Waals surface area contributed by atoms with Gasteiger partial charge in [0.25, 0.3) is 0 Å². The van der Waals surface area contributed by atoms with Gasteiger partial charge in [0.15, 0.2) is 0 Å². The molecule has 13 heavy (non-hydrogen) atoms. The second-order valence-electron chi connectivity index (χ2n) is 3.25. The van der Waals surface area contributed by atoms with Gasteiger partial charge >= 0.3 is 0 Å². The van der Waals surface area contributed by atoms with Crippen LogP contribution in [-0.2, 0) is 0 Å².